The number of pyridine rings is 1. The maximum Gasteiger partial charge on any atom is 0.253 e. The average molecular weight is 367 g/mol. The molecule has 0 atom stereocenters. The van der Waals surface area contributed by atoms with Crippen LogP contribution in [0.5, 0.6) is 0 Å². The minimum absolute atomic E-state index is 0.110. The van der Waals surface area contributed by atoms with Crippen molar-refractivity contribution in [2.24, 2.45) is 0 Å². The molecule has 1 aromatic heterocycles. The van der Waals surface area contributed by atoms with E-state index in [-0.39, 0.29) is 5.91 Å². The van der Waals surface area contributed by atoms with Gasteiger partial charge in [0.25, 0.3) is 5.91 Å². The molecule has 2 fully saturated rings. The zero-order chi connectivity index (χ0) is 18.7. The van der Waals surface area contributed by atoms with Crippen molar-refractivity contribution in [3.8, 4) is 0 Å². The standard InChI is InChI=1S/C21H25N3O3/c1-16-2-4-17(5-3-16)13-23-20(25)18-12-19(15-22-14-18)24-8-6-21(7-9-24)26-10-11-27-21/h2-5,12,14-15H,6-11,13H2,1H3,(H,23,25). The summed E-state index contributed by atoms with van der Waals surface area (Å²) in [6, 6.07) is 10.1. The third-order valence-corrected chi connectivity index (χ3v) is 5.26. The van der Waals surface area contributed by atoms with Crippen molar-refractivity contribution in [1.82, 2.24) is 10.3 Å². The molecule has 0 bridgehead atoms. The van der Waals surface area contributed by atoms with Gasteiger partial charge < -0.3 is 19.7 Å². The molecule has 0 aliphatic carbocycles. The monoisotopic (exact) mass is 367 g/mol. The summed E-state index contributed by atoms with van der Waals surface area (Å²) in [5.41, 5.74) is 3.83. The molecule has 6 nitrogen and oxygen atoms in total. The fourth-order valence-corrected chi connectivity index (χ4v) is 3.61. The second-order valence-electron chi connectivity index (χ2n) is 7.19. The van der Waals surface area contributed by atoms with Crippen molar-refractivity contribution >= 4 is 11.6 Å². The third-order valence-electron chi connectivity index (χ3n) is 5.26. The lowest BCUT2D eigenvalue weighted by atomic mass is 10.0. The van der Waals surface area contributed by atoms with E-state index in [9.17, 15) is 4.79 Å². The van der Waals surface area contributed by atoms with Crippen LogP contribution in [0.2, 0.25) is 0 Å². The Labute approximate surface area is 159 Å². The molecule has 2 aliphatic rings. The van der Waals surface area contributed by atoms with Crippen LogP contribution in [0.1, 0.15) is 34.3 Å². The van der Waals surface area contributed by atoms with E-state index < -0.39 is 5.79 Å². The number of aryl methyl sites for hydroxylation is 1. The molecule has 27 heavy (non-hydrogen) atoms. The topological polar surface area (TPSA) is 63.7 Å². The predicted octanol–water partition coefficient (Wildman–Crippen LogP) is 2.66. The lowest BCUT2D eigenvalue weighted by molar-refractivity contribution is -0.169. The van der Waals surface area contributed by atoms with Gasteiger partial charge in [0.1, 0.15) is 0 Å². The molecule has 4 rings (SSSR count). The number of piperidine rings is 1. The Bertz CT molecular complexity index is 791. The average Bonchev–Trinajstić information content (AvgIpc) is 3.16. The first-order valence-electron chi connectivity index (χ1n) is 9.45. The second kappa shape index (κ2) is 7.66. The lowest BCUT2D eigenvalue weighted by Gasteiger charge is -2.38. The smallest absolute Gasteiger partial charge is 0.253 e. The third kappa shape index (κ3) is 4.12. The molecule has 1 spiro atoms. The SMILES string of the molecule is Cc1ccc(CNC(=O)c2cncc(N3CCC4(CC3)OCCO4)c2)cc1. The summed E-state index contributed by atoms with van der Waals surface area (Å²) in [5.74, 6) is -0.506. The first kappa shape index (κ1) is 17.9. The zero-order valence-corrected chi connectivity index (χ0v) is 15.6. The number of hydrogen-bond acceptors (Lipinski definition) is 5. The highest BCUT2D eigenvalue weighted by molar-refractivity contribution is 5.94. The Morgan fingerprint density at radius 2 is 1.85 bits per heavy atom. The van der Waals surface area contributed by atoms with Crippen LogP contribution in [0.4, 0.5) is 5.69 Å². The summed E-state index contributed by atoms with van der Waals surface area (Å²) < 4.78 is 11.6. The van der Waals surface area contributed by atoms with Gasteiger partial charge >= 0.3 is 0 Å². The van der Waals surface area contributed by atoms with Crippen LogP contribution in [0.15, 0.2) is 42.7 Å². The van der Waals surface area contributed by atoms with Crippen molar-refractivity contribution < 1.29 is 14.3 Å². The molecular weight excluding hydrogens is 342 g/mol. The number of rotatable bonds is 4. The molecule has 1 N–H and O–H groups in total. The first-order chi connectivity index (χ1) is 13.1. The molecule has 2 aliphatic heterocycles. The van der Waals surface area contributed by atoms with Crippen LogP contribution in [-0.4, -0.2) is 43.0 Å². The predicted molar refractivity (Wildman–Crippen MR) is 103 cm³/mol. The number of nitrogens with one attached hydrogen (secondary N) is 1. The van der Waals surface area contributed by atoms with E-state index in [0.717, 1.165) is 37.2 Å². The van der Waals surface area contributed by atoms with Crippen LogP contribution in [-0.2, 0) is 16.0 Å². The molecule has 1 amide bonds. The van der Waals surface area contributed by atoms with Crippen LogP contribution in [0, 0.1) is 6.92 Å². The number of aromatic nitrogens is 1. The number of amides is 1. The zero-order valence-electron chi connectivity index (χ0n) is 15.6. The Kier molecular flexibility index (Phi) is 5.09. The van der Waals surface area contributed by atoms with Gasteiger partial charge in [-0.2, -0.15) is 0 Å². The van der Waals surface area contributed by atoms with Crippen molar-refractivity contribution in [3.63, 3.8) is 0 Å². The van der Waals surface area contributed by atoms with E-state index in [4.69, 9.17) is 9.47 Å². The van der Waals surface area contributed by atoms with E-state index in [2.05, 4.69) is 15.2 Å². The van der Waals surface area contributed by atoms with E-state index in [1.165, 1.54) is 5.56 Å². The van der Waals surface area contributed by atoms with Gasteiger partial charge in [-0.1, -0.05) is 29.8 Å². The molecule has 142 valence electrons. The minimum Gasteiger partial charge on any atom is -0.370 e. The van der Waals surface area contributed by atoms with Gasteiger partial charge in [-0.3, -0.25) is 9.78 Å². The highest BCUT2D eigenvalue weighted by atomic mass is 16.7. The van der Waals surface area contributed by atoms with Gasteiger partial charge in [-0.25, -0.2) is 0 Å². The summed E-state index contributed by atoms with van der Waals surface area (Å²) >= 11 is 0. The van der Waals surface area contributed by atoms with Crippen molar-refractivity contribution in [1.29, 1.82) is 0 Å². The first-order valence-corrected chi connectivity index (χ1v) is 9.45. The number of nitrogens with zero attached hydrogens (tertiary/aromatic N) is 2. The summed E-state index contributed by atoms with van der Waals surface area (Å²) in [6.07, 6.45) is 5.08. The van der Waals surface area contributed by atoms with Gasteiger partial charge in [-0.05, 0) is 18.6 Å². The summed E-state index contributed by atoms with van der Waals surface area (Å²) in [5, 5.41) is 2.97. The highest BCUT2D eigenvalue weighted by Gasteiger charge is 2.39. The van der Waals surface area contributed by atoms with E-state index in [0.29, 0.717) is 25.3 Å². The summed E-state index contributed by atoms with van der Waals surface area (Å²) in [6.45, 7) is 5.57. The van der Waals surface area contributed by atoms with Gasteiger partial charge in [0, 0.05) is 38.7 Å². The number of carbonyl (C=O) groups is 1. The second-order valence-corrected chi connectivity index (χ2v) is 7.19. The molecular formula is C21H25N3O3. The largest absolute Gasteiger partial charge is 0.370 e. The van der Waals surface area contributed by atoms with E-state index in [1.807, 2.05) is 43.5 Å². The Hall–Kier alpha value is -2.44. The minimum atomic E-state index is -0.396. The van der Waals surface area contributed by atoms with Crippen molar-refractivity contribution in [2.75, 3.05) is 31.2 Å². The molecule has 2 aromatic rings. The van der Waals surface area contributed by atoms with Crippen molar-refractivity contribution in [2.45, 2.75) is 32.1 Å². The van der Waals surface area contributed by atoms with Gasteiger partial charge in [0.05, 0.1) is 30.7 Å². The number of ether oxygens (including phenoxy) is 2. The maximum atomic E-state index is 12.5. The molecule has 0 unspecified atom stereocenters. The molecule has 6 heteroatoms. The van der Waals surface area contributed by atoms with E-state index in [1.54, 1.807) is 6.20 Å². The quantitative estimate of drug-likeness (QED) is 0.900. The summed E-state index contributed by atoms with van der Waals surface area (Å²) in [4.78, 5) is 19.0. The van der Waals surface area contributed by atoms with Gasteiger partial charge in [0.15, 0.2) is 5.79 Å². The fraction of sp³-hybridized carbons (Fsp3) is 0.429. The summed E-state index contributed by atoms with van der Waals surface area (Å²) in [7, 11) is 0. The number of anilines is 1. The number of hydrogen-bond donors (Lipinski definition) is 1. The molecule has 0 saturated carbocycles. The normalized spacial score (nSPS) is 18.6. The van der Waals surface area contributed by atoms with Crippen molar-refractivity contribution in [3.05, 3.63) is 59.4 Å². The van der Waals surface area contributed by atoms with E-state index >= 15 is 0 Å². The lowest BCUT2D eigenvalue weighted by Crippen LogP contribution is -2.45. The van der Waals surface area contributed by atoms with Crippen LogP contribution in [0.25, 0.3) is 0 Å². The van der Waals surface area contributed by atoms with Crippen LogP contribution >= 0.6 is 0 Å². The molecule has 3 heterocycles. The Morgan fingerprint density at radius 1 is 1.15 bits per heavy atom. The van der Waals surface area contributed by atoms with Gasteiger partial charge in [-0.15, -0.1) is 0 Å². The molecule has 0 radical (unpaired) electrons. The number of carbonyl (C=O) groups excluding carboxylic acids is 1. The van der Waals surface area contributed by atoms with Crippen LogP contribution < -0.4 is 10.2 Å². The van der Waals surface area contributed by atoms with Gasteiger partial charge in [0.2, 0.25) is 0 Å². The molecule has 2 saturated heterocycles. The Balaban J connectivity index is 1.37. The molecule has 1 aromatic carbocycles. The van der Waals surface area contributed by atoms with Crippen LogP contribution in [0.3, 0.4) is 0 Å². The fourth-order valence-electron chi connectivity index (χ4n) is 3.61. The maximum absolute atomic E-state index is 12.5. The Morgan fingerprint density at radius 3 is 2.56 bits per heavy atom. The highest BCUT2D eigenvalue weighted by Crippen LogP contribution is 2.33. The number of benzene rings is 1.